The van der Waals surface area contributed by atoms with E-state index in [1.54, 1.807) is 30.3 Å². The van der Waals surface area contributed by atoms with E-state index in [2.05, 4.69) is 12.2 Å². The Kier molecular flexibility index (Phi) is 4.22. The Balaban J connectivity index is 1.73. The minimum absolute atomic E-state index is 0.00954. The first-order valence-electron chi connectivity index (χ1n) is 7.35. The van der Waals surface area contributed by atoms with E-state index in [9.17, 15) is 10.1 Å². The molecule has 2 aromatic rings. The lowest BCUT2D eigenvalue weighted by Gasteiger charge is -2.03. The zero-order valence-corrected chi connectivity index (χ0v) is 13.3. The van der Waals surface area contributed by atoms with Crippen molar-refractivity contribution < 1.29 is 9.21 Å². The predicted octanol–water partition coefficient (Wildman–Crippen LogP) is 4.60. The minimum atomic E-state index is -0.479. The van der Waals surface area contributed by atoms with Crippen LogP contribution in [0.3, 0.4) is 0 Å². The number of nitrogens with one attached hydrogen (secondary N) is 1. The summed E-state index contributed by atoms with van der Waals surface area (Å²) in [5, 5.41) is 12.4. The van der Waals surface area contributed by atoms with Gasteiger partial charge in [-0.2, -0.15) is 5.26 Å². The molecule has 0 aliphatic heterocycles. The second-order valence-electron chi connectivity index (χ2n) is 5.69. The number of rotatable bonds is 4. The number of hydrogen-bond donors (Lipinski definition) is 1. The lowest BCUT2D eigenvalue weighted by Crippen LogP contribution is -2.13. The number of halogens is 1. The molecule has 1 N–H and O–H groups in total. The highest BCUT2D eigenvalue weighted by Crippen LogP contribution is 2.47. The summed E-state index contributed by atoms with van der Waals surface area (Å²) in [5.74, 6) is 2.06. The van der Waals surface area contributed by atoms with Crippen LogP contribution in [0.2, 0.25) is 5.02 Å². The first kappa shape index (κ1) is 15.4. The highest BCUT2D eigenvalue weighted by Gasteiger charge is 2.36. The molecule has 0 bridgehead atoms. The van der Waals surface area contributed by atoms with Gasteiger partial charge in [0.15, 0.2) is 0 Å². The van der Waals surface area contributed by atoms with Gasteiger partial charge in [0.2, 0.25) is 0 Å². The van der Waals surface area contributed by atoms with Crippen LogP contribution < -0.4 is 5.32 Å². The number of furan rings is 1. The molecule has 1 amide bonds. The third kappa shape index (κ3) is 3.64. The zero-order chi connectivity index (χ0) is 16.4. The molecule has 0 saturated heterocycles. The fraction of sp³-hybridized carbons (Fsp3) is 0.222. The van der Waals surface area contributed by atoms with Gasteiger partial charge in [0.25, 0.3) is 5.91 Å². The summed E-state index contributed by atoms with van der Waals surface area (Å²) >= 11 is 5.80. The molecule has 0 unspecified atom stereocenters. The van der Waals surface area contributed by atoms with Gasteiger partial charge >= 0.3 is 0 Å². The van der Waals surface area contributed by atoms with Crippen LogP contribution >= 0.6 is 11.6 Å². The van der Waals surface area contributed by atoms with E-state index in [1.165, 1.54) is 6.08 Å². The molecule has 0 radical (unpaired) electrons. The van der Waals surface area contributed by atoms with Crippen LogP contribution in [-0.2, 0) is 4.79 Å². The Morgan fingerprint density at radius 3 is 2.65 bits per heavy atom. The van der Waals surface area contributed by atoms with Crippen molar-refractivity contribution in [2.75, 3.05) is 5.32 Å². The lowest BCUT2D eigenvalue weighted by atomic mass is 10.2. The van der Waals surface area contributed by atoms with Crippen LogP contribution in [0.5, 0.6) is 0 Å². The van der Waals surface area contributed by atoms with Gasteiger partial charge in [0.1, 0.15) is 23.2 Å². The first-order chi connectivity index (χ1) is 11.1. The summed E-state index contributed by atoms with van der Waals surface area (Å²) in [6.45, 7) is 2.17. The molecule has 1 aromatic carbocycles. The second kappa shape index (κ2) is 6.31. The molecular weight excluding hydrogens is 312 g/mol. The molecule has 1 aliphatic carbocycles. The molecule has 0 spiro atoms. The van der Waals surface area contributed by atoms with E-state index < -0.39 is 5.91 Å². The van der Waals surface area contributed by atoms with Crippen molar-refractivity contribution in [1.29, 1.82) is 5.26 Å². The maximum Gasteiger partial charge on any atom is 0.266 e. The van der Waals surface area contributed by atoms with Crippen molar-refractivity contribution in [2.24, 2.45) is 5.92 Å². The maximum absolute atomic E-state index is 12.2. The molecule has 2 atom stereocenters. The average Bonchev–Trinajstić information content (AvgIpc) is 3.09. The van der Waals surface area contributed by atoms with Crippen LogP contribution in [0, 0.1) is 17.2 Å². The van der Waals surface area contributed by atoms with Gasteiger partial charge in [0, 0.05) is 22.7 Å². The van der Waals surface area contributed by atoms with Crippen LogP contribution in [0.15, 0.2) is 46.4 Å². The number of carbonyl (C=O) groups is 1. The van der Waals surface area contributed by atoms with Crippen molar-refractivity contribution in [3.05, 3.63) is 58.5 Å². The Morgan fingerprint density at radius 1 is 1.35 bits per heavy atom. The van der Waals surface area contributed by atoms with Gasteiger partial charge in [-0.1, -0.05) is 18.5 Å². The Morgan fingerprint density at radius 2 is 2.04 bits per heavy atom. The summed E-state index contributed by atoms with van der Waals surface area (Å²) in [5.41, 5.74) is 0.567. The van der Waals surface area contributed by atoms with Gasteiger partial charge < -0.3 is 9.73 Å². The van der Waals surface area contributed by atoms with E-state index >= 15 is 0 Å². The van der Waals surface area contributed by atoms with Gasteiger partial charge in [-0.15, -0.1) is 0 Å². The Bertz CT molecular complexity index is 799. The smallest absolute Gasteiger partial charge is 0.266 e. The SMILES string of the molecule is C[C@H]1C[C@H]1c1ccc(/C=C(\C#N)C(=O)Nc2ccc(Cl)cc2)o1. The molecule has 1 fully saturated rings. The van der Waals surface area contributed by atoms with Crippen molar-refractivity contribution in [1.82, 2.24) is 0 Å². The highest BCUT2D eigenvalue weighted by molar-refractivity contribution is 6.30. The fourth-order valence-electron chi connectivity index (χ4n) is 2.39. The largest absolute Gasteiger partial charge is 0.461 e. The molecular formula is C18H15ClN2O2. The second-order valence-corrected chi connectivity index (χ2v) is 6.13. The molecule has 116 valence electrons. The molecule has 1 aliphatic rings. The number of nitriles is 1. The predicted molar refractivity (Wildman–Crippen MR) is 88.9 cm³/mol. The minimum Gasteiger partial charge on any atom is -0.461 e. The van der Waals surface area contributed by atoms with Crippen LogP contribution in [-0.4, -0.2) is 5.91 Å². The van der Waals surface area contributed by atoms with E-state index in [0.29, 0.717) is 28.3 Å². The molecule has 3 rings (SSSR count). The van der Waals surface area contributed by atoms with Gasteiger partial charge in [-0.05, 0) is 48.7 Å². The summed E-state index contributed by atoms with van der Waals surface area (Å²) in [6.07, 6.45) is 2.58. The Labute approximate surface area is 139 Å². The number of amides is 1. The normalized spacial score (nSPS) is 20.0. The molecule has 4 nitrogen and oxygen atoms in total. The van der Waals surface area contributed by atoms with Crippen molar-refractivity contribution in [3.63, 3.8) is 0 Å². The van der Waals surface area contributed by atoms with Crippen LogP contribution in [0.4, 0.5) is 5.69 Å². The maximum atomic E-state index is 12.2. The van der Waals surface area contributed by atoms with Crippen molar-refractivity contribution in [3.8, 4) is 6.07 Å². The summed E-state index contributed by atoms with van der Waals surface area (Å²) in [6, 6.07) is 12.3. The van der Waals surface area contributed by atoms with Gasteiger partial charge in [-0.25, -0.2) is 0 Å². The van der Waals surface area contributed by atoms with E-state index in [-0.39, 0.29) is 5.57 Å². The standard InChI is InChI=1S/C18H15ClN2O2/c1-11-8-16(11)17-7-6-15(23-17)9-12(10-20)18(22)21-14-4-2-13(19)3-5-14/h2-7,9,11,16H,8H2,1H3,(H,21,22)/b12-9+/t11-,16+/m0/s1. The van der Waals surface area contributed by atoms with Crippen molar-refractivity contribution >= 4 is 29.3 Å². The topological polar surface area (TPSA) is 66.0 Å². The monoisotopic (exact) mass is 326 g/mol. The molecule has 1 aromatic heterocycles. The zero-order valence-electron chi connectivity index (χ0n) is 12.5. The fourth-order valence-corrected chi connectivity index (χ4v) is 2.51. The van der Waals surface area contributed by atoms with Crippen LogP contribution in [0.1, 0.15) is 30.8 Å². The van der Waals surface area contributed by atoms with E-state index in [4.69, 9.17) is 16.0 Å². The third-order valence-electron chi connectivity index (χ3n) is 3.88. The Hall–Kier alpha value is -2.51. The van der Waals surface area contributed by atoms with Gasteiger partial charge in [-0.3, -0.25) is 4.79 Å². The third-order valence-corrected chi connectivity index (χ3v) is 4.13. The van der Waals surface area contributed by atoms with Gasteiger partial charge in [0.05, 0.1) is 0 Å². The van der Waals surface area contributed by atoms with E-state index in [1.807, 2.05) is 12.1 Å². The quantitative estimate of drug-likeness (QED) is 0.659. The number of nitrogens with zero attached hydrogens (tertiary/aromatic N) is 1. The highest BCUT2D eigenvalue weighted by atomic mass is 35.5. The summed E-state index contributed by atoms with van der Waals surface area (Å²) in [7, 11) is 0. The number of carbonyl (C=O) groups excluding carboxylic acids is 1. The lowest BCUT2D eigenvalue weighted by molar-refractivity contribution is -0.112. The average molecular weight is 327 g/mol. The molecule has 1 heterocycles. The number of anilines is 1. The molecule has 5 heteroatoms. The van der Waals surface area contributed by atoms with Crippen molar-refractivity contribution in [2.45, 2.75) is 19.3 Å². The van der Waals surface area contributed by atoms with Crippen LogP contribution in [0.25, 0.3) is 6.08 Å². The van der Waals surface area contributed by atoms with E-state index in [0.717, 1.165) is 12.2 Å². The molecule has 23 heavy (non-hydrogen) atoms. The number of benzene rings is 1. The number of hydrogen-bond acceptors (Lipinski definition) is 3. The molecule has 1 saturated carbocycles. The summed E-state index contributed by atoms with van der Waals surface area (Å²) in [4.78, 5) is 12.2. The summed E-state index contributed by atoms with van der Waals surface area (Å²) < 4.78 is 5.70. The first-order valence-corrected chi connectivity index (χ1v) is 7.73.